The first-order chi connectivity index (χ1) is 39.5. The van der Waals surface area contributed by atoms with Crippen molar-refractivity contribution in [1.82, 2.24) is 0 Å². The van der Waals surface area contributed by atoms with Gasteiger partial charge in [0.25, 0.3) is 0 Å². The molecule has 0 bridgehead atoms. The van der Waals surface area contributed by atoms with Gasteiger partial charge < -0.3 is 14.2 Å². The highest BCUT2D eigenvalue weighted by molar-refractivity contribution is 5.71. The minimum absolute atomic E-state index is 0.0896. The summed E-state index contributed by atoms with van der Waals surface area (Å²) in [5, 5.41) is 0. The number of ether oxygens (including phenoxy) is 3. The van der Waals surface area contributed by atoms with E-state index in [0.29, 0.717) is 19.3 Å². The molecule has 0 N–H and O–H groups in total. The lowest BCUT2D eigenvalue weighted by atomic mass is 10.0. The number of esters is 3. The fourth-order valence-corrected chi connectivity index (χ4v) is 10.0. The zero-order valence-corrected chi connectivity index (χ0v) is 53.1. The quantitative estimate of drug-likeness (QED) is 0.0261. The smallest absolute Gasteiger partial charge is 0.306 e. The third-order valence-electron chi connectivity index (χ3n) is 15.1. The Balaban J connectivity index is 4.21. The minimum Gasteiger partial charge on any atom is -0.462 e. The predicted octanol–water partition coefficient (Wildman–Crippen LogP) is 23.8. The topological polar surface area (TPSA) is 78.9 Å². The normalized spacial score (nSPS) is 12.6. The highest BCUT2D eigenvalue weighted by atomic mass is 16.6. The van der Waals surface area contributed by atoms with Gasteiger partial charge >= 0.3 is 17.9 Å². The van der Waals surface area contributed by atoms with Gasteiger partial charge in [-0.2, -0.15) is 0 Å². The molecule has 0 saturated carbocycles. The Kier molecular flexibility index (Phi) is 65.2. The summed E-state index contributed by atoms with van der Waals surface area (Å²) in [4.78, 5) is 38.3. The van der Waals surface area contributed by atoms with Gasteiger partial charge in [0.05, 0.1) is 0 Å². The Labute approximate surface area is 496 Å². The fourth-order valence-electron chi connectivity index (χ4n) is 10.0. The van der Waals surface area contributed by atoms with E-state index in [0.717, 1.165) is 122 Å². The molecule has 0 aliphatic rings. The van der Waals surface area contributed by atoms with Gasteiger partial charge in [-0.3, -0.25) is 14.4 Å². The second kappa shape index (κ2) is 68.1. The molecule has 0 heterocycles. The molecule has 6 nitrogen and oxygen atoms in total. The van der Waals surface area contributed by atoms with E-state index in [9.17, 15) is 14.4 Å². The van der Waals surface area contributed by atoms with E-state index in [1.165, 1.54) is 186 Å². The lowest BCUT2D eigenvalue weighted by Crippen LogP contribution is -2.30. The van der Waals surface area contributed by atoms with E-state index in [2.05, 4.69) is 106 Å². The first kappa shape index (κ1) is 76.6. The van der Waals surface area contributed by atoms with E-state index < -0.39 is 6.10 Å². The van der Waals surface area contributed by atoms with Crippen LogP contribution in [0.15, 0.2) is 85.1 Å². The highest BCUT2D eigenvalue weighted by Crippen LogP contribution is 2.18. The van der Waals surface area contributed by atoms with Crippen LogP contribution in [0.5, 0.6) is 0 Å². The van der Waals surface area contributed by atoms with Crippen LogP contribution in [0.3, 0.4) is 0 Å². The Morgan fingerprint density at radius 2 is 0.487 bits per heavy atom. The largest absolute Gasteiger partial charge is 0.462 e. The zero-order chi connectivity index (χ0) is 57.8. The molecule has 0 aliphatic carbocycles. The molecular formula is C74H130O6. The molecule has 1 unspecified atom stereocenters. The summed E-state index contributed by atoms with van der Waals surface area (Å²) in [5.41, 5.74) is 0. The third kappa shape index (κ3) is 65.4. The average molecular weight is 1120 g/mol. The average Bonchev–Trinajstić information content (AvgIpc) is 3.46. The summed E-state index contributed by atoms with van der Waals surface area (Å²) in [6.07, 6.45) is 90.6. The number of carbonyl (C=O) groups is 3. The second-order valence-electron chi connectivity index (χ2n) is 23.0. The van der Waals surface area contributed by atoms with Gasteiger partial charge in [-0.25, -0.2) is 0 Å². The molecule has 1 atom stereocenters. The van der Waals surface area contributed by atoms with Crippen LogP contribution in [0.1, 0.15) is 348 Å². The monoisotopic (exact) mass is 1110 g/mol. The molecule has 0 rings (SSSR count). The van der Waals surface area contributed by atoms with Crippen molar-refractivity contribution in [2.24, 2.45) is 0 Å². The molecule has 0 amide bonds. The summed E-state index contributed by atoms with van der Waals surface area (Å²) in [7, 11) is 0. The molecule has 0 fully saturated rings. The third-order valence-corrected chi connectivity index (χ3v) is 15.1. The molecule has 80 heavy (non-hydrogen) atoms. The maximum absolute atomic E-state index is 12.9. The molecule has 0 radical (unpaired) electrons. The zero-order valence-electron chi connectivity index (χ0n) is 53.1. The Morgan fingerprint density at radius 3 is 0.775 bits per heavy atom. The van der Waals surface area contributed by atoms with Crippen molar-refractivity contribution >= 4 is 17.9 Å². The molecule has 0 aromatic heterocycles. The van der Waals surface area contributed by atoms with Gasteiger partial charge in [-0.05, 0) is 89.9 Å². The summed E-state index contributed by atoms with van der Waals surface area (Å²) in [6, 6.07) is 0. The summed E-state index contributed by atoms with van der Waals surface area (Å²) < 4.78 is 16.9. The van der Waals surface area contributed by atoms with E-state index in [1.54, 1.807) is 0 Å². The second-order valence-corrected chi connectivity index (χ2v) is 23.0. The summed E-state index contributed by atoms with van der Waals surface area (Å²) >= 11 is 0. The molecular weight excluding hydrogens is 985 g/mol. The Bertz CT molecular complexity index is 1520. The van der Waals surface area contributed by atoms with Gasteiger partial charge in [0.15, 0.2) is 6.10 Å². The molecule has 0 aliphatic heterocycles. The van der Waals surface area contributed by atoms with Gasteiger partial charge in [0.1, 0.15) is 13.2 Å². The van der Waals surface area contributed by atoms with Crippen molar-refractivity contribution in [2.45, 2.75) is 354 Å². The van der Waals surface area contributed by atoms with Crippen molar-refractivity contribution in [3.8, 4) is 0 Å². The number of allylic oxidation sites excluding steroid dienone is 14. The van der Waals surface area contributed by atoms with Crippen LogP contribution in [-0.4, -0.2) is 37.2 Å². The SMILES string of the molecule is CC/C=C\C/C=C\C/C=C\C/C=C\CCCCCCCCC(=O)OC(COC(=O)CCCCC/C=C\C/C=C\C/C=C\CC)COC(=O)CCCCCCCCCCCCCCCCCCCCCCCCCCCCCCCC. The van der Waals surface area contributed by atoms with Crippen molar-refractivity contribution in [3.63, 3.8) is 0 Å². The molecule has 462 valence electrons. The Morgan fingerprint density at radius 1 is 0.263 bits per heavy atom. The van der Waals surface area contributed by atoms with Crippen molar-refractivity contribution in [2.75, 3.05) is 13.2 Å². The maximum Gasteiger partial charge on any atom is 0.306 e. The number of unbranched alkanes of at least 4 members (excludes halogenated alkanes) is 38. The standard InChI is InChI=1S/C74H130O6/c1-4-7-10-13-16-19-22-25-27-29-31-32-33-34-35-36-37-38-39-40-41-43-44-46-49-52-55-58-61-64-67-73(76)79-70-71(69-78-72(75)66-63-60-57-54-51-48-24-21-18-15-12-9-6-3)80-74(77)68-65-62-59-56-53-50-47-45-42-30-28-26-23-20-17-14-11-8-5-2/h8-9,11-12,17-18,20-21,26,28,42,45,48,51,71H,4-7,10,13-16,19,22-25,27,29-41,43-44,46-47,49-50,52-70H2,1-3H3/b11-8-,12-9-,20-17-,21-18-,28-26-,45-42-,51-48-. The minimum atomic E-state index is -0.797. The van der Waals surface area contributed by atoms with E-state index in [1.807, 2.05) is 0 Å². The molecule has 0 aromatic carbocycles. The fraction of sp³-hybridized carbons (Fsp3) is 0.770. The summed E-state index contributed by atoms with van der Waals surface area (Å²) in [5.74, 6) is -0.920. The molecule has 6 heteroatoms. The van der Waals surface area contributed by atoms with E-state index in [-0.39, 0.29) is 31.1 Å². The van der Waals surface area contributed by atoms with Crippen LogP contribution < -0.4 is 0 Å². The molecule has 0 saturated heterocycles. The lowest BCUT2D eigenvalue weighted by Gasteiger charge is -2.18. The number of hydrogen-bond donors (Lipinski definition) is 0. The highest BCUT2D eigenvalue weighted by Gasteiger charge is 2.19. The van der Waals surface area contributed by atoms with Gasteiger partial charge in [-0.1, -0.05) is 324 Å². The van der Waals surface area contributed by atoms with E-state index >= 15 is 0 Å². The number of rotatable bonds is 63. The lowest BCUT2D eigenvalue weighted by molar-refractivity contribution is -0.167. The van der Waals surface area contributed by atoms with Crippen molar-refractivity contribution in [3.05, 3.63) is 85.1 Å². The van der Waals surface area contributed by atoms with Crippen LogP contribution in [0.2, 0.25) is 0 Å². The van der Waals surface area contributed by atoms with Crippen LogP contribution in [-0.2, 0) is 28.6 Å². The van der Waals surface area contributed by atoms with Crippen LogP contribution in [0.4, 0.5) is 0 Å². The van der Waals surface area contributed by atoms with Gasteiger partial charge in [0, 0.05) is 19.3 Å². The van der Waals surface area contributed by atoms with Crippen LogP contribution in [0.25, 0.3) is 0 Å². The molecule has 0 spiro atoms. The van der Waals surface area contributed by atoms with Crippen LogP contribution >= 0.6 is 0 Å². The van der Waals surface area contributed by atoms with Gasteiger partial charge in [0.2, 0.25) is 0 Å². The number of hydrogen-bond acceptors (Lipinski definition) is 6. The Hall–Kier alpha value is -3.41. The van der Waals surface area contributed by atoms with Gasteiger partial charge in [-0.15, -0.1) is 0 Å². The van der Waals surface area contributed by atoms with E-state index in [4.69, 9.17) is 14.2 Å². The predicted molar refractivity (Wildman–Crippen MR) is 348 cm³/mol. The molecule has 0 aromatic rings. The summed E-state index contributed by atoms with van der Waals surface area (Å²) in [6.45, 7) is 6.42. The van der Waals surface area contributed by atoms with Crippen molar-refractivity contribution in [1.29, 1.82) is 0 Å². The van der Waals surface area contributed by atoms with Crippen LogP contribution in [0, 0.1) is 0 Å². The number of carbonyl (C=O) groups excluding carboxylic acids is 3. The first-order valence-corrected chi connectivity index (χ1v) is 34.6. The first-order valence-electron chi connectivity index (χ1n) is 34.6. The maximum atomic E-state index is 12.9. The van der Waals surface area contributed by atoms with Crippen molar-refractivity contribution < 1.29 is 28.6 Å².